The van der Waals surface area contributed by atoms with Gasteiger partial charge in [-0.25, -0.2) is 9.59 Å². The second kappa shape index (κ2) is 38.5. The molecule has 28 heteroatoms. The smallest absolute Gasteiger partial charge is 0.364 e. The maximum absolute atomic E-state index is 13.0. The Morgan fingerprint density at radius 3 is 1.18 bits per heavy atom. The highest BCUT2D eigenvalue weighted by molar-refractivity contribution is 7.99. The van der Waals surface area contributed by atoms with Crippen LogP contribution < -0.4 is 31.9 Å². The van der Waals surface area contributed by atoms with Crippen LogP contribution >= 0.6 is 23.5 Å². The van der Waals surface area contributed by atoms with E-state index >= 15 is 0 Å². The molecule has 0 aliphatic carbocycles. The number of aliphatic carboxylic acids is 2. The van der Waals surface area contributed by atoms with Crippen molar-refractivity contribution in [1.29, 1.82) is 0 Å². The Labute approximate surface area is 554 Å². The fraction of sp³-hybridized carbons (Fsp3) is 0.515. The molecule has 26 nitrogen and oxygen atoms in total. The summed E-state index contributed by atoms with van der Waals surface area (Å²) in [7, 11) is 0. The van der Waals surface area contributed by atoms with Crippen molar-refractivity contribution in [2.75, 3.05) is 62.4 Å². The summed E-state index contributed by atoms with van der Waals surface area (Å²) in [5, 5.41) is 103. The lowest BCUT2D eigenvalue weighted by atomic mass is 9.88. The number of ether oxygens (including phenoxy) is 4. The van der Waals surface area contributed by atoms with Crippen LogP contribution in [-0.4, -0.2) is 223 Å². The molecule has 14 N–H and O–H groups in total. The van der Waals surface area contributed by atoms with Crippen LogP contribution in [0.3, 0.4) is 0 Å². The van der Waals surface area contributed by atoms with Gasteiger partial charge in [0.05, 0.1) is 49.7 Å². The van der Waals surface area contributed by atoms with Crippen LogP contribution in [0, 0.1) is 0 Å². The molecule has 2 saturated heterocycles. The predicted octanol–water partition coefficient (Wildman–Crippen LogP) is 2.35. The van der Waals surface area contributed by atoms with E-state index < -0.39 is 134 Å². The molecular formula is C66H88N6O20S2. The van der Waals surface area contributed by atoms with Gasteiger partial charge in [0.15, 0.2) is 0 Å². The second-order valence-electron chi connectivity index (χ2n) is 22.9. The van der Waals surface area contributed by atoms with Gasteiger partial charge in [0.25, 0.3) is 23.4 Å². The molecule has 2 aliphatic heterocycles. The van der Waals surface area contributed by atoms with Crippen LogP contribution in [0.15, 0.2) is 109 Å². The lowest BCUT2D eigenvalue weighted by molar-refractivity contribution is -0.310. The molecule has 0 bridgehead atoms. The van der Waals surface area contributed by atoms with E-state index in [0.717, 1.165) is 61.8 Å². The molecule has 6 rings (SSSR count). The molecule has 0 saturated carbocycles. The number of carboxylic acid groups (broad SMARTS) is 2. The third-order valence-corrected chi connectivity index (χ3v) is 17.8. The summed E-state index contributed by atoms with van der Waals surface area (Å²) in [6.45, 7) is 1.95. The lowest BCUT2D eigenvalue weighted by Gasteiger charge is -2.46. The zero-order valence-corrected chi connectivity index (χ0v) is 54.2. The van der Waals surface area contributed by atoms with Crippen LogP contribution in [0.2, 0.25) is 0 Å². The van der Waals surface area contributed by atoms with Gasteiger partial charge >= 0.3 is 11.9 Å². The topological polar surface area (TPSA) is 408 Å². The molecule has 12 atom stereocenters. The Balaban J connectivity index is 0.792. The number of benzene rings is 4. The van der Waals surface area contributed by atoms with Crippen molar-refractivity contribution in [1.82, 2.24) is 31.9 Å². The van der Waals surface area contributed by atoms with E-state index in [0.29, 0.717) is 48.9 Å². The van der Waals surface area contributed by atoms with Crippen LogP contribution in [0.25, 0.3) is 22.3 Å². The van der Waals surface area contributed by atoms with Crippen molar-refractivity contribution in [3.8, 4) is 22.3 Å². The minimum absolute atomic E-state index is 0.140. The Bertz CT molecular complexity index is 2870. The van der Waals surface area contributed by atoms with E-state index in [2.05, 4.69) is 31.9 Å². The highest BCUT2D eigenvalue weighted by atomic mass is 32.2. The first-order valence-corrected chi connectivity index (χ1v) is 33.6. The number of hydrogen-bond acceptors (Lipinski definition) is 20. The first-order valence-electron chi connectivity index (χ1n) is 31.3. The first kappa shape index (κ1) is 76.0. The number of nitrogens with one attached hydrogen (secondary N) is 6. The Morgan fingerprint density at radius 2 is 0.840 bits per heavy atom. The van der Waals surface area contributed by atoms with Gasteiger partial charge in [-0.2, -0.15) is 23.5 Å². The number of aliphatic hydroxyl groups is 6. The number of carbonyl (C=O) groups excluding carboxylic acids is 6. The van der Waals surface area contributed by atoms with Gasteiger partial charge in [0.1, 0.15) is 24.4 Å². The summed E-state index contributed by atoms with van der Waals surface area (Å²) in [5.41, 5.74) is 4.21. The van der Waals surface area contributed by atoms with E-state index in [1.54, 1.807) is 48.5 Å². The van der Waals surface area contributed by atoms with Crippen LogP contribution in [0.5, 0.6) is 0 Å². The van der Waals surface area contributed by atoms with Gasteiger partial charge < -0.3 is 91.7 Å². The van der Waals surface area contributed by atoms with Crippen molar-refractivity contribution in [3.05, 3.63) is 120 Å². The van der Waals surface area contributed by atoms with Crippen LogP contribution in [0.4, 0.5) is 0 Å². The summed E-state index contributed by atoms with van der Waals surface area (Å²) < 4.78 is 23.1. The maximum atomic E-state index is 13.0. The molecule has 6 amide bonds. The van der Waals surface area contributed by atoms with Gasteiger partial charge in [0.2, 0.25) is 23.6 Å². The van der Waals surface area contributed by atoms with E-state index in [1.165, 1.54) is 23.5 Å². The number of rotatable bonds is 39. The molecule has 0 unspecified atom stereocenters. The second-order valence-corrected chi connectivity index (χ2v) is 25.4. The molecule has 2 aliphatic rings. The highest BCUT2D eigenvalue weighted by Crippen LogP contribution is 2.36. The number of thioether (sulfide) groups is 2. The summed E-state index contributed by atoms with van der Waals surface area (Å²) in [6.07, 6.45) is -10.9. The van der Waals surface area contributed by atoms with Crippen molar-refractivity contribution in [3.63, 3.8) is 0 Å². The van der Waals surface area contributed by atoms with Crippen LogP contribution in [0.1, 0.15) is 98.8 Å². The normalized spacial score (nSPS) is 22.3. The van der Waals surface area contributed by atoms with Gasteiger partial charge in [0, 0.05) is 88.3 Å². The average molecular weight is 1350 g/mol. The van der Waals surface area contributed by atoms with Gasteiger partial charge in [-0.1, -0.05) is 97.8 Å². The highest BCUT2D eigenvalue weighted by Gasteiger charge is 2.57. The quantitative estimate of drug-likeness (QED) is 0.0285. The molecule has 514 valence electrons. The van der Waals surface area contributed by atoms with Crippen molar-refractivity contribution in [2.24, 2.45) is 0 Å². The predicted molar refractivity (Wildman–Crippen MR) is 349 cm³/mol. The third kappa shape index (κ3) is 23.4. The minimum Gasteiger partial charge on any atom is -0.477 e. The Morgan fingerprint density at radius 1 is 0.489 bits per heavy atom. The van der Waals surface area contributed by atoms with E-state index in [9.17, 15) is 79.2 Å². The SMILES string of the molecule is CC(=O)N[C@H]1[C@H]([C@H](O)[C@H](O)CNC(=O)c2ccc(-c3ccccc3)cc2)O[C@@](OCCCSCCC(=O)NCCCCCCNC(=O)CCSCCCO[C@]2(C(=O)O)C[C@H](O)[C@@H](NC(C)=O)[C@H]([C@H](O)[C@H](O)CNC(=O)c3ccc(-c4ccccc4)cc3)O2)(C(=O)O)C[C@@H]1O. The Hall–Kier alpha value is -7.06. The number of amides is 6. The number of carbonyl (C=O) groups is 8. The van der Waals surface area contributed by atoms with Crippen molar-refractivity contribution in [2.45, 2.75) is 151 Å². The average Bonchev–Trinajstić information content (AvgIpc) is 0.779. The zero-order valence-electron chi connectivity index (χ0n) is 52.6. The van der Waals surface area contributed by atoms with E-state index in [1.807, 2.05) is 60.7 Å². The molecule has 2 heterocycles. The first-order chi connectivity index (χ1) is 45.0. The summed E-state index contributed by atoms with van der Waals surface area (Å²) in [4.78, 5) is 101. The molecule has 2 fully saturated rings. The Kier molecular flexibility index (Phi) is 31.1. The molecule has 0 aromatic heterocycles. The lowest BCUT2D eigenvalue weighted by Crippen LogP contribution is -2.68. The largest absolute Gasteiger partial charge is 0.477 e. The minimum atomic E-state index is -2.46. The third-order valence-electron chi connectivity index (χ3n) is 15.7. The molecule has 4 aromatic rings. The summed E-state index contributed by atoms with van der Waals surface area (Å²) in [6, 6.07) is 29.8. The van der Waals surface area contributed by atoms with Crippen LogP contribution in [-0.2, 0) is 47.7 Å². The summed E-state index contributed by atoms with van der Waals surface area (Å²) in [5.74, 6) is -8.91. The number of carboxylic acids is 2. The number of aliphatic hydroxyl groups excluding tert-OH is 6. The molecule has 4 aromatic carbocycles. The zero-order chi connectivity index (χ0) is 68.2. The fourth-order valence-corrected chi connectivity index (χ4v) is 12.3. The van der Waals surface area contributed by atoms with E-state index in [4.69, 9.17) is 18.9 Å². The molecule has 0 spiro atoms. The summed E-state index contributed by atoms with van der Waals surface area (Å²) >= 11 is 2.88. The molecule has 94 heavy (non-hydrogen) atoms. The molecule has 0 radical (unpaired) electrons. The number of hydrogen-bond donors (Lipinski definition) is 14. The van der Waals surface area contributed by atoms with Gasteiger partial charge in [-0.05, 0) is 83.7 Å². The fourth-order valence-electron chi connectivity index (χ4n) is 10.6. The number of unbranched alkanes of at least 4 members (excludes halogenated alkanes) is 3. The molecular weight excluding hydrogens is 1260 g/mol. The van der Waals surface area contributed by atoms with Gasteiger partial charge in [-0.15, -0.1) is 0 Å². The maximum Gasteiger partial charge on any atom is 0.364 e. The van der Waals surface area contributed by atoms with Crippen molar-refractivity contribution >= 4 is 70.9 Å². The standard InChI is InChI=1S/C66H88N6O20S2/c1-41(73)71-55-49(75)37-65(63(85)86,91-59(55)57(81)51(77)39-69-61(83)47-23-19-45(20-24-47)43-15-7-5-8-16-43)89-31-13-33-93-35-27-53(79)67-29-11-3-4-12-30-68-54(80)28-36-94-34-14-32-90-66(64(87)88)38-50(76)56(72-42(2)74)60(92-66)58(82)52(78)40-70-62(84)48-25-21-46(22-26-48)44-17-9-6-10-18-44/h5-10,15-26,49-52,55-60,75-78,81-82H,3-4,11-14,27-40H2,1-2H3,(H,67,79)(H,68,80)(H,69,83)(H,70,84)(H,71,73)(H,72,74)(H,85,86)(H,87,88)/t49-,50-,51+,52+,55+,56+,57+,58+,59+,60+,65+,66+/m0/s1. The van der Waals surface area contributed by atoms with Crippen molar-refractivity contribution < 1.29 is 98.2 Å². The monoisotopic (exact) mass is 1350 g/mol. The van der Waals surface area contributed by atoms with Gasteiger partial charge in [-0.3, -0.25) is 28.8 Å². The van der Waals surface area contributed by atoms with E-state index in [-0.39, 0.29) is 49.0 Å².